The van der Waals surface area contributed by atoms with Crippen molar-refractivity contribution < 1.29 is 14.3 Å². The van der Waals surface area contributed by atoms with E-state index in [0.717, 1.165) is 5.56 Å². The van der Waals surface area contributed by atoms with E-state index in [1.165, 1.54) is 23.0 Å². The fraction of sp³-hybridized carbons (Fsp3) is 0.235. The Bertz CT molecular complexity index is 842. The van der Waals surface area contributed by atoms with E-state index < -0.39 is 0 Å². The highest BCUT2D eigenvalue weighted by molar-refractivity contribution is 5.91. The molecule has 1 aromatic heterocycles. The van der Waals surface area contributed by atoms with Crippen molar-refractivity contribution >= 4 is 12.0 Å². The Morgan fingerprint density at radius 2 is 2.17 bits per heavy atom. The minimum atomic E-state index is -0.235. The van der Waals surface area contributed by atoms with Gasteiger partial charge < -0.3 is 14.8 Å². The third-order valence-corrected chi connectivity index (χ3v) is 3.49. The number of rotatable bonds is 5. The Morgan fingerprint density at radius 3 is 3.00 bits per heavy atom. The lowest BCUT2D eigenvalue weighted by molar-refractivity contribution is -0.116. The van der Waals surface area contributed by atoms with Gasteiger partial charge in [0.25, 0.3) is 5.56 Å². The van der Waals surface area contributed by atoms with Gasteiger partial charge in [0.05, 0.1) is 6.33 Å². The number of hydrogen-bond acceptors (Lipinski definition) is 5. The molecule has 0 saturated carbocycles. The van der Waals surface area contributed by atoms with E-state index in [2.05, 4.69) is 10.3 Å². The Balaban J connectivity index is 1.51. The van der Waals surface area contributed by atoms with Gasteiger partial charge in [0.15, 0.2) is 11.5 Å². The lowest BCUT2D eigenvalue weighted by atomic mass is 10.2. The van der Waals surface area contributed by atoms with Gasteiger partial charge >= 0.3 is 0 Å². The van der Waals surface area contributed by atoms with Crippen LogP contribution in [0.3, 0.4) is 0 Å². The van der Waals surface area contributed by atoms with Crippen LogP contribution in [0.15, 0.2) is 41.5 Å². The number of aryl methyl sites for hydroxylation is 1. The highest BCUT2D eigenvalue weighted by atomic mass is 16.7. The predicted molar refractivity (Wildman–Crippen MR) is 87.8 cm³/mol. The lowest BCUT2D eigenvalue weighted by Gasteiger charge is -2.05. The van der Waals surface area contributed by atoms with Crippen LogP contribution in [-0.4, -0.2) is 28.8 Å². The summed E-state index contributed by atoms with van der Waals surface area (Å²) in [4.78, 5) is 27.6. The number of aromatic nitrogens is 2. The maximum Gasteiger partial charge on any atom is 0.253 e. The fourth-order valence-electron chi connectivity index (χ4n) is 2.23. The van der Waals surface area contributed by atoms with Crippen LogP contribution in [0, 0.1) is 6.92 Å². The number of ether oxygens (including phenoxy) is 2. The van der Waals surface area contributed by atoms with Crippen molar-refractivity contribution in [1.82, 2.24) is 14.9 Å². The van der Waals surface area contributed by atoms with E-state index in [9.17, 15) is 9.59 Å². The van der Waals surface area contributed by atoms with Crippen molar-refractivity contribution in [2.75, 3.05) is 13.3 Å². The molecule has 1 amide bonds. The van der Waals surface area contributed by atoms with Crippen LogP contribution in [-0.2, 0) is 11.3 Å². The summed E-state index contributed by atoms with van der Waals surface area (Å²) in [6, 6.07) is 6.91. The molecule has 0 unspecified atom stereocenters. The molecule has 0 fully saturated rings. The monoisotopic (exact) mass is 327 g/mol. The maximum absolute atomic E-state index is 11.8. The highest BCUT2D eigenvalue weighted by Gasteiger charge is 2.12. The molecule has 24 heavy (non-hydrogen) atoms. The standard InChI is InChI=1S/C17H17N3O4/c1-12-8-17(22)20(10-19-12)7-6-18-16(21)5-3-13-2-4-14-15(9-13)24-11-23-14/h2-5,8-10H,6-7,11H2,1H3,(H,18,21)/b5-3+. The van der Waals surface area contributed by atoms with Gasteiger partial charge in [0.2, 0.25) is 12.7 Å². The summed E-state index contributed by atoms with van der Waals surface area (Å²) in [5.41, 5.74) is 1.38. The third-order valence-electron chi connectivity index (χ3n) is 3.49. The summed E-state index contributed by atoms with van der Waals surface area (Å²) in [6.45, 7) is 2.69. The van der Waals surface area contributed by atoms with E-state index in [4.69, 9.17) is 9.47 Å². The molecule has 1 N–H and O–H groups in total. The van der Waals surface area contributed by atoms with Crippen molar-refractivity contribution in [3.8, 4) is 11.5 Å². The summed E-state index contributed by atoms with van der Waals surface area (Å²) in [5, 5.41) is 2.73. The second kappa shape index (κ2) is 6.99. The molecule has 2 heterocycles. The number of hydrogen-bond donors (Lipinski definition) is 1. The molecule has 1 aromatic carbocycles. The number of nitrogens with zero attached hydrogens (tertiary/aromatic N) is 2. The molecule has 0 aliphatic carbocycles. The van der Waals surface area contributed by atoms with Gasteiger partial charge in [-0.2, -0.15) is 0 Å². The Kier molecular flexibility index (Phi) is 4.60. The molecule has 1 aliphatic rings. The molecule has 124 valence electrons. The number of amides is 1. The van der Waals surface area contributed by atoms with Gasteiger partial charge in [0.1, 0.15) is 0 Å². The van der Waals surface area contributed by atoms with Crippen LogP contribution >= 0.6 is 0 Å². The number of nitrogens with one attached hydrogen (secondary N) is 1. The van der Waals surface area contributed by atoms with Gasteiger partial charge in [-0.1, -0.05) is 6.07 Å². The van der Waals surface area contributed by atoms with Crippen molar-refractivity contribution in [3.63, 3.8) is 0 Å². The quantitative estimate of drug-likeness (QED) is 0.832. The van der Waals surface area contributed by atoms with Gasteiger partial charge in [-0.05, 0) is 30.7 Å². The summed E-state index contributed by atoms with van der Waals surface area (Å²) >= 11 is 0. The number of benzene rings is 1. The molecule has 0 spiro atoms. The zero-order valence-electron chi connectivity index (χ0n) is 13.2. The van der Waals surface area contributed by atoms with E-state index in [0.29, 0.717) is 30.3 Å². The first-order valence-corrected chi connectivity index (χ1v) is 7.50. The molecule has 3 rings (SSSR count). The number of carbonyl (C=O) groups excluding carboxylic acids is 1. The first-order valence-electron chi connectivity index (χ1n) is 7.50. The summed E-state index contributed by atoms with van der Waals surface area (Å²) in [6.07, 6.45) is 4.61. The maximum atomic E-state index is 11.8. The molecule has 7 nitrogen and oxygen atoms in total. The second-order valence-corrected chi connectivity index (χ2v) is 5.30. The summed E-state index contributed by atoms with van der Waals surface area (Å²) < 4.78 is 12.0. The van der Waals surface area contributed by atoms with Crippen molar-refractivity contribution in [1.29, 1.82) is 0 Å². The van der Waals surface area contributed by atoms with Crippen LogP contribution in [0.5, 0.6) is 11.5 Å². The molecule has 0 radical (unpaired) electrons. The van der Waals surface area contributed by atoms with E-state index >= 15 is 0 Å². The van der Waals surface area contributed by atoms with Gasteiger partial charge in [-0.3, -0.25) is 14.2 Å². The van der Waals surface area contributed by atoms with Crippen LogP contribution < -0.4 is 20.3 Å². The lowest BCUT2D eigenvalue weighted by Crippen LogP contribution is -2.29. The van der Waals surface area contributed by atoms with Crippen molar-refractivity contribution in [2.24, 2.45) is 0 Å². The van der Waals surface area contributed by atoms with E-state index in [-0.39, 0.29) is 18.3 Å². The Labute approximate surface area is 138 Å². The van der Waals surface area contributed by atoms with Crippen molar-refractivity contribution in [3.05, 3.63) is 58.3 Å². The minimum Gasteiger partial charge on any atom is -0.454 e. The van der Waals surface area contributed by atoms with Crippen molar-refractivity contribution in [2.45, 2.75) is 13.5 Å². The van der Waals surface area contributed by atoms with Crippen LogP contribution in [0.25, 0.3) is 6.08 Å². The van der Waals surface area contributed by atoms with Crippen LogP contribution in [0.4, 0.5) is 0 Å². The van der Waals surface area contributed by atoms with E-state index in [1.807, 2.05) is 12.1 Å². The second-order valence-electron chi connectivity index (χ2n) is 5.30. The molecule has 0 saturated heterocycles. The first-order chi connectivity index (χ1) is 11.6. The Morgan fingerprint density at radius 1 is 1.33 bits per heavy atom. The summed E-state index contributed by atoms with van der Waals surface area (Å²) in [7, 11) is 0. The normalized spacial score (nSPS) is 12.5. The highest BCUT2D eigenvalue weighted by Crippen LogP contribution is 2.32. The summed E-state index contributed by atoms with van der Waals surface area (Å²) in [5.74, 6) is 1.14. The molecular formula is C17H17N3O4. The average molecular weight is 327 g/mol. The number of carbonyl (C=O) groups is 1. The van der Waals surface area contributed by atoms with E-state index in [1.54, 1.807) is 19.1 Å². The topological polar surface area (TPSA) is 82.5 Å². The Hall–Kier alpha value is -3.09. The van der Waals surface area contributed by atoms with Gasteiger partial charge in [-0.25, -0.2) is 4.98 Å². The smallest absolute Gasteiger partial charge is 0.253 e. The SMILES string of the molecule is Cc1cc(=O)n(CCNC(=O)/C=C/c2ccc3c(c2)OCO3)cn1. The molecule has 7 heteroatoms. The average Bonchev–Trinajstić information content (AvgIpc) is 3.02. The fourth-order valence-corrected chi connectivity index (χ4v) is 2.23. The third kappa shape index (κ3) is 3.81. The first kappa shape index (κ1) is 15.8. The minimum absolute atomic E-state index is 0.132. The molecule has 1 aliphatic heterocycles. The molecular weight excluding hydrogens is 310 g/mol. The molecule has 0 bridgehead atoms. The van der Waals surface area contributed by atoms with Gasteiger partial charge in [-0.15, -0.1) is 0 Å². The van der Waals surface area contributed by atoms with Gasteiger partial charge in [0, 0.05) is 30.9 Å². The molecule has 0 atom stereocenters. The largest absolute Gasteiger partial charge is 0.454 e. The predicted octanol–water partition coefficient (Wildman–Crippen LogP) is 1.11. The van der Waals surface area contributed by atoms with Crippen LogP contribution in [0.2, 0.25) is 0 Å². The zero-order valence-corrected chi connectivity index (χ0v) is 13.2. The van der Waals surface area contributed by atoms with Crippen LogP contribution in [0.1, 0.15) is 11.3 Å². The molecule has 2 aromatic rings. The zero-order chi connectivity index (χ0) is 16.9. The number of fused-ring (bicyclic) bond motifs is 1.